The minimum atomic E-state index is -4.12. The van der Waals surface area contributed by atoms with Crippen molar-refractivity contribution in [1.29, 1.82) is 5.26 Å². The van der Waals surface area contributed by atoms with Crippen molar-refractivity contribution in [3.05, 3.63) is 47.3 Å². The van der Waals surface area contributed by atoms with Gasteiger partial charge in [0.05, 0.1) is 22.7 Å². The van der Waals surface area contributed by atoms with E-state index in [1.165, 1.54) is 23.1 Å². The Balaban J connectivity index is 2.17. The lowest BCUT2D eigenvalue weighted by Crippen LogP contribution is -2.30. The maximum Gasteiger partial charge on any atom is 0.261 e. The number of alkyl halides is 1. The Morgan fingerprint density at radius 2 is 2.08 bits per heavy atom. The van der Waals surface area contributed by atoms with E-state index in [0.717, 1.165) is 12.1 Å². The highest BCUT2D eigenvalue weighted by atomic mass is 35.7. The number of ether oxygens (including phenoxy) is 1. The highest BCUT2D eigenvalue weighted by Crippen LogP contribution is 2.42. The SMILES string of the molecule is N#Cc1cc(CF)ccc1N1CCOc2cc(S(=O)(=O)Cl)cc(F)c21. The van der Waals surface area contributed by atoms with Gasteiger partial charge in [-0.1, -0.05) is 6.07 Å². The molecule has 0 N–H and O–H groups in total. The molecule has 0 amide bonds. The van der Waals surface area contributed by atoms with Crippen LogP contribution in [0.2, 0.25) is 0 Å². The molecule has 2 aromatic carbocycles. The van der Waals surface area contributed by atoms with E-state index in [9.17, 15) is 22.5 Å². The fourth-order valence-corrected chi connectivity index (χ4v) is 3.41. The van der Waals surface area contributed by atoms with Crippen molar-refractivity contribution in [3.63, 3.8) is 0 Å². The Labute approximate surface area is 147 Å². The van der Waals surface area contributed by atoms with Crippen molar-refractivity contribution in [2.75, 3.05) is 18.1 Å². The van der Waals surface area contributed by atoms with Crippen LogP contribution in [0.25, 0.3) is 0 Å². The number of hydrogen-bond acceptors (Lipinski definition) is 5. The van der Waals surface area contributed by atoms with Gasteiger partial charge in [-0.3, -0.25) is 0 Å². The van der Waals surface area contributed by atoms with Gasteiger partial charge in [0, 0.05) is 16.7 Å². The summed E-state index contributed by atoms with van der Waals surface area (Å²) in [4.78, 5) is 1.08. The summed E-state index contributed by atoms with van der Waals surface area (Å²) < 4.78 is 55.6. The largest absolute Gasteiger partial charge is 0.489 e. The van der Waals surface area contributed by atoms with E-state index in [0.29, 0.717) is 11.3 Å². The smallest absolute Gasteiger partial charge is 0.261 e. The lowest BCUT2D eigenvalue weighted by molar-refractivity contribution is 0.310. The molecule has 1 aliphatic heterocycles. The number of benzene rings is 2. The topological polar surface area (TPSA) is 70.4 Å². The van der Waals surface area contributed by atoms with Crippen molar-refractivity contribution >= 4 is 31.1 Å². The molecule has 0 aromatic heterocycles. The fourth-order valence-electron chi connectivity index (χ4n) is 2.65. The number of hydrogen-bond donors (Lipinski definition) is 0. The minimum Gasteiger partial charge on any atom is -0.489 e. The molecule has 0 spiro atoms. The quantitative estimate of drug-likeness (QED) is 0.756. The third-order valence-electron chi connectivity index (χ3n) is 3.75. The van der Waals surface area contributed by atoms with Crippen LogP contribution < -0.4 is 9.64 Å². The summed E-state index contributed by atoms with van der Waals surface area (Å²) in [6.07, 6.45) is 0. The number of nitriles is 1. The van der Waals surface area contributed by atoms with Crippen LogP contribution in [-0.4, -0.2) is 21.6 Å². The Kier molecular flexibility index (Phi) is 4.54. The maximum atomic E-state index is 14.6. The first-order valence-electron chi connectivity index (χ1n) is 7.12. The zero-order chi connectivity index (χ0) is 18.2. The van der Waals surface area contributed by atoms with E-state index in [1.807, 2.05) is 6.07 Å². The van der Waals surface area contributed by atoms with E-state index in [-0.39, 0.29) is 30.2 Å². The lowest BCUT2D eigenvalue weighted by Gasteiger charge is -2.32. The van der Waals surface area contributed by atoms with Gasteiger partial charge in [0.15, 0.2) is 5.82 Å². The highest BCUT2D eigenvalue weighted by molar-refractivity contribution is 8.13. The normalized spacial score (nSPS) is 13.8. The Morgan fingerprint density at radius 1 is 1.32 bits per heavy atom. The molecule has 25 heavy (non-hydrogen) atoms. The van der Waals surface area contributed by atoms with Crippen LogP contribution in [0.5, 0.6) is 5.75 Å². The molecular weight excluding hydrogens is 374 g/mol. The molecule has 0 bridgehead atoms. The van der Waals surface area contributed by atoms with E-state index in [4.69, 9.17) is 15.4 Å². The molecule has 130 valence electrons. The molecule has 0 radical (unpaired) electrons. The van der Waals surface area contributed by atoms with E-state index < -0.39 is 26.4 Å². The fraction of sp³-hybridized carbons (Fsp3) is 0.188. The first-order chi connectivity index (χ1) is 11.8. The van der Waals surface area contributed by atoms with Crippen LogP contribution in [0.15, 0.2) is 35.2 Å². The van der Waals surface area contributed by atoms with Crippen LogP contribution in [0.1, 0.15) is 11.1 Å². The molecular formula is C16H11ClF2N2O3S. The molecule has 0 fully saturated rings. The average molecular weight is 385 g/mol. The average Bonchev–Trinajstić information content (AvgIpc) is 2.59. The lowest BCUT2D eigenvalue weighted by atomic mass is 10.1. The van der Waals surface area contributed by atoms with E-state index >= 15 is 0 Å². The van der Waals surface area contributed by atoms with Crippen LogP contribution in [0.4, 0.5) is 20.2 Å². The summed E-state index contributed by atoms with van der Waals surface area (Å²) in [7, 11) is 1.14. The third-order valence-corrected chi connectivity index (χ3v) is 5.09. The Bertz CT molecular complexity index is 990. The molecule has 3 rings (SSSR count). The van der Waals surface area contributed by atoms with Gasteiger partial charge >= 0.3 is 0 Å². The predicted octanol–water partition coefficient (Wildman–Crippen LogP) is 3.62. The monoisotopic (exact) mass is 384 g/mol. The number of anilines is 2. The van der Waals surface area contributed by atoms with Crippen LogP contribution in [0.3, 0.4) is 0 Å². The molecule has 1 aliphatic rings. The van der Waals surface area contributed by atoms with Crippen molar-refractivity contribution in [2.45, 2.75) is 11.6 Å². The van der Waals surface area contributed by atoms with Crippen molar-refractivity contribution in [1.82, 2.24) is 0 Å². The summed E-state index contributed by atoms with van der Waals surface area (Å²) in [5.74, 6) is -0.848. The van der Waals surface area contributed by atoms with Crippen molar-refractivity contribution in [2.24, 2.45) is 0 Å². The number of fused-ring (bicyclic) bond motifs is 1. The summed E-state index contributed by atoms with van der Waals surface area (Å²) >= 11 is 0. The molecule has 0 saturated carbocycles. The van der Waals surface area contributed by atoms with Gasteiger partial charge in [-0.25, -0.2) is 17.2 Å². The number of rotatable bonds is 3. The van der Waals surface area contributed by atoms with Gasteiger partial charge in [-0.15, -0.1) is 0 Å². The molecule has 5 nitrogen and oxygen atoms in total. The molecule has 0 atom stereocenters. The first kappa shape index (κ1) is 17.5. The van der Waals surface area contributed by atoms with Gasteiger partial charge < -0.3 is 9.64 Å². The predicted molar refractivity (Wildman–Crippen MR) is 87.9 cm³/mol. The highest BCUT2D eigenvalue weighted by Gasteiger charge is 2.28. The van der Waals surface area contributed by atoms with E-state index in [1.54, 1.807) is 0 Å². The number of nitrogens with zero attached hydrogens (tertiary/aromatic N) is 2. The standard InChI is InChI=1S/C16H11ClF2N2O3S/c17-25(22,23)12-6-13(19)16-15(7-12)24-4-3-21(16)14-2-1-10(8-18)5-11(14)9-20/h1-2,5-7H,3-4,8H2. The second-order valence-electron chi connectivity index (χ2n) is 5.29. The maximum absolute atomic E-state index is 14.6. The number of halogens is 3. The third kappa shape index (κ3) is 3.25. The Morgan fingerprint density at radius 3 is 2.72 bits per heavy atom. The van der Waals surface area contributed by atoms with E-state index in [2.05, 4.69) is 0 Å². The van der Waals surface area contributed by atoms with Crippen molar-refractivity contribution in [3.8, 4) is 11.8 Å². The second-order valence-corrected chi connectivity index (χ2v) is 7.85. The zero-order valence-electron chi connectivity index (χ0n) is 12.7. The molecule has 1 heterocycles. The molecule has 0 unspecified atom stereocenters. The minimum absolute atomic E-state index is 0.000171. The summed E-state index contributed by atoms with van der Waals surface area (Å²) in [6, 6.07) is 8.31. The van der Waals surface area contributed by atoms with Crippen molar-refractivity contribution < 1.29 is 21.9 Å². The second kappa shape index (κ2) is 6.50. The summed E-state index contributed by atoms with van der Waals surface area (Å²) in [5, 5.41) is 9.32. The van der Waals surface area contributed by atoms with Gasteiger partial charge in [-0.2, -0.15) is 5.26 Å². The summed E-state index contributed by atoms with van der Waals surface area (Å²) in [6.45, 7) is -0.339. The molecule has 0 saturated heterocycles. The molecule has 0 aliphatic carbocycles. The van der Waals surface area contributed by atoms with Gasteiger partial charge in [-0.05, 0) is 23.8 Å². The van der Waals surface area contributed by atoms with Gasteiger partial charge in [0.1, 0.15) is 30.8 Å². The molecule has 2 aromatic rings. The van der Waals surface area contributed by atoms with Gasteiger partial charge in [0.25, 0.3) is 9.05 Å². The molecule has 9 heteroatoms. The summed E-state index contributed by atoms with van der Waals surface area (Å²) in [5.41, 5.74) is 0.888. The van der Waals surface area contributed by atoms with Crippen LogP contribution >= 0.6 is 10.7 Å². The Hall–Kier alpha value is -2.37. The van der Waals surface area contributed by atoms with Gasteiger partial charge in [0.2, 0.25) is 0 Å². The van der Waals surface area contributed by atoms with Crippen LogP contribution in [-0.2, 0) is 15.7 Å². The van der Waals surface area contributed by atoms with Crippen LogP contribution in [0, 0.1) is 17.1 Å². The first-order valence-corrected chi connectivity index (χ1v) is 9.43. The zero-order valence-corrected chi connectivity index (χ0v) is 14.2.